The summed E-state index contributed by atoms with van der Waals surface area (Å²) < 4.78 is 70.1. The SMILES string of the molecule is CCN1C(=O)[C@@H](NC(=O)c2cccc(C(F)(F)F)c2)[C@@H](c2ccc(F)cc2)c2c([C@@H](CF)NC#N)nn(-c3ccccc3)c21. The van der Waals surface area contributed by atoms with Crippen molar-refractivity contribution in [1.29, 1.82) is 5.26 Å². The van der Waals surface area contributed by atoms with E-state index in [9.17, 15) is 36.8 Å². The van der Waals surface area contributed by atoms with Crippen LogP contribution in [0.15, 0.2) is 78.9 Å². The van der Waals surface area contributed by atoms with Gasteiger partial charge in [0.05, 0.1) is 16.9 Å². The summed E-state index contributed by atoms with van der Waals surface area (Å²) in [5.41, 5.74) is -0.192. The van der Waals surface area contributed by atoms with Gasteiger partial charge in [0.15, 0.2) is 6.19 Å². The van der Waals surface area contributed by atoms with E-state index in [2.05, 4.69) is 15.7 Å². The number of nitrogens with one attached hydrogen (secondary N) is 2. The molecule has 13 heteroatoms. The van der Waals surface area contributed by atoms with Crippen LogP contribution in [-0.4, -0.2) is 40.9 Å². The van der Waals surface area contributed by atoms with Crippen LogP contribution in [0.3, 0.4) is 0 Å². The third-order valence-electron chi connectivity index (χ3n) is 7.37. The first-order chi connectivity index (χ1) is 21.1. The number of alkyl halides is 4. The molecule has 3 atom stereocenters. The summed E-state index contributed by atoms with van der Waals surface area (Å²) in [7, 11) is 0. The molecule has 0 unspecified atom stereocenters. The molecule has 1 aromatic heterocycles. The van der Waals surface area contributed by atoms with Crippen molar-refractivity contribution in [2.75, 3.05) is 18.1 Å². The minimum atomic E-state index is -4.71. The van der Waals surface area contributed by atoms with E-state index in [1.807, 2.05) is 0 Å². The lowest BCUT2D eigenvalue weighted by atomic mass is 9.80. The van der Waals surface area contributed by atoms with Gasteiger partial charge in [0.2, 0.25) is 0 Å². The summed E-state index contributed by atoms with van der Waals surface area (Å²) >= 11 is 0. The Morgan fingerprint density at radius 2 is 1.77 bits per heavy atom. The van der Waals surface area contributed by atoms with Crippen molar-refractivity contribution < 1.29 is 31.5 Å². The van der Waals surface area contributed by atoms with Crippen LogP contribution in [0.4, 0.5) is 27.8 Å². The van der Waals surface area contributed by atoms with Gasteiger partial charge in [-0.2, -0.15) is 23.5 Å². The maximum Gasteiger partial charge on any atom is 0.416 e. The van der Waals surface area contributed by atoms with E-state index in [1.54, 1.807) is 43.4 Å². The summed E-state index contributed by atoms with van der Waals surface area (Å²) in [6.07, 6.45) is -2.99. The average molecular weight is 609 g/mol. The molecule has 3 aromatic carbocycles. The number of fused-ring (bicyclic) bond motifs is 1. The molecule has 1 aliphatic rings. The van der Waals surface area contributed by atoms with E-state index in [0.29, 0.717) is 17.3 Å². The number of likely N-dealkylation sites (N-methyl/N-ethyl adjacent to an activating group) is 1. The normalized spacial score (nSPS) is 17.0. The topological polar surface area (TPSA) is 103 Å². The van der Waals surface area contributed by atoms with Crippen LogP contribution in [0.25, 0.3) is 5.69 Å². The molecule has 226 valence electrons. The van der Waals surface area contributed by atoms with Gasteiger partial charge < -0.3 is 10.6 Å². The fraction of sp³-hybridized carbons (Fsp3) is 0.226. The highest BCUT2D eigenvalue weighted by Crippen LogP contribution is 2.45. The van der Waals surface area contributed by atoms with Gasteiger partial charge in [-0.3, -0.25) is 14.5 Å². The smallest absolute Gasteiger partial charge is 0.339 e. The quantitative estimate of drug-likeness (QED) is 0.158. The Hall–Kier alpha value is -5.25. The molecule has 1 aliphatic heterocycles. The van der Waals surface area contributed by atoms with Crippen molar-refractivity contribution in [3.63, 3.8) is 0 Å². The predicted octanol–water partition coefficient (Wildman–Crippen LogP) is 5.41. The molecule has 2 N–H and O–H groups in total. The van der Waals surface area contributed by atoms with E-state index < -0.39 is 54.0 Å². The van der Waals surface area contributed by atoms with Crippen molar-refractivity contribution in [2.45, 2.75) is 31.1 Å². The summed E-state index contributed by atoms with van der Waals surface area (Å²) in [5.74, 6) is -3.02. The first-order valence-electron chi connectivity index (χ1n) is 13.5. The van der Waals surface area contributed by atoms with Crippen molar-refractivity contribution in [3.8, 4) is 11.9 Å². The fourth-order valence-electron chi connectivity index (χ4n) is 5.38. The van der Waals surface area contributed by atoms with Gasteiger partial charge in [-0.25, -0.2) is 13.5 Å². The maximum absolute atomic E-state index is 14.5. The number of para-hydroxylation sites is 1. The monoisotopic (exact) mass is 608 g/mol. The molecule has 0 saturated carbocycles. The zero-order valence-electron chi connectivity index (χ0n) is 23.1. The van der Waals surface area contributed by atoms with Gasteiger partial charge in [0.25, 0.3) is 11.8 Å². The number of hydrogen-bond donors (Lipinski definition) is 2. The van der Waals surface area contributed by atoms with Gasteiger partial charge in [-0.15, -0.1) is 0 Å². The highest BCUT2D eigenvalue weighted by Gasteiger charge is 2.47. The van der Waals surface area contributed by atoms with Crippen LogP contribution >= 0.6 is 0 Å². The average Bonchev–Trinajstić information content (AvgIpc) is 3.40. The standard InChI is InChI=1S/C31H25F5N6O2/c1-2-41-29-25(26(23(16-32)38-17-37)40-42(29)22-9-4-3-5-10-22)24(18-11-13-21(33)14-12-18)27(30(41)44)39-28(43)19-7-6-8-20(15-19)31(34,35)36/h3-15,23-24,27,38H,2,16H2,1H3,(H,39,43)/t23-,24+,27+/m1/s1. The third kappa shape index (κ3) is 5.58. The fourth-order valence-corrected chi connectivity index (χ4v) is 5.38. The lowest BCUT2D eigenvalue weighted by Gasteiger charge is -2.39. The molecular weight excluding hydrogens is 583 g/mol. The van der Waals surface area contributed by atoms with E-state index in [4.69, 9.17) is 0 Å². The van der Waals surface area contributed by atoms with Crippen LogP contribution in [0.5, 0.6) is 0 Å². The van der Waals surface area contributed by atoms with Crippen molar-refractivity contribution in [3.05, 3.63) is 113 Å². The lowest BCUT2D eigenvalue weighted by molar-refractivity contribution is -0.137. The Kier molecular flexibility index (Phi) is 8.35. The summed E-state index contributed by atoms with van der Waals surface area (Å²) in [5, 5.41) is 19.0. The second kappa shape index (κ2) is 12.2. The molecule has 0 aliphatic carbocycles. The summed E-state index contributed by atoms with van der Waals surface area (Å²) in [6.45, 7) is 0.679. The number of halogens is 5. The molecule has 0 bridgehead atoms. The van der Waals surface area contributed by atoms with E-state index in [-0.39, 0.29) is 29.2 Å². The molecule has 0 radical (unpaired) electrons. The predicted molar refractivity (Wildman–Crippen MR) is 150 cm³/mol. The zero-order chi connectivity index (χ0) is 31.6. The van der Waals surface area contributed by atoms with Gasteiger partial charge >= 0.3 is 6.18 Å². The number of carbonyl (C=O) groups excluding carboxylic acids is 2. The Bertz CT molecular complexity index is 1720. The second-order valence-electron chi connectivity index (χ2n) is 9.97. The maximum atomic E-state index is 14.5. The minimum absolute atomic E-state index is 0.0616. The van der Waals surface area contributed by atoms with Crippen LogP contribution in [-0.2, 0) is 11.0 Å². The van der Waals surface area contributed by atoms with Gasteiger partial charge in [0.1, 0.15) is 30.4 Å². The number of nitrogens with zero attached hydrogens (tertiary/aromatic N) is 4. The van der Waals surface area contributed by atoms with Crippen LogP contribution in [0.1, 0.15) is 51.6 Å². The molecule has 0 fully saturated rings. The van der Waals surface area contributed by atoms with E-state index in [1.165, 1.54) is 27.8 Å². The highest BCUT2D eigenvalue weighted by atomic mass is 19.4. The van der Waals surface area contributed by atoms with Crippen molar-refractivity contribution in [1.82, 2.24) is 20.4 Å². The molecule has 5 rings (SSSR count). The Labute approximate surface area is 248 Å². The molecular formula is C31H25F5N6O2. The summed E-state index contributed by atoms with van der Waals surface area (Å²) in [6, 6.07) is 14.8. The number of carbonyl (C=O) groups is 2. The number of rotatable bonds is 8. The van der Waals surface area contributed by atoms with E-state index in [0.717, 1.165) is 24.3 Å². The van der Waals surface area contributed by atoms with Crippen LogP contribution in [0, 0.1) is 17.3 Å². The molecule has 0 spiro atoms. The number of aromatic nitrogens is 2. The van der Waals surface area contributed by atoms with Crippen molar-refractivity contribution >= 4 is 17.6 Å². The summed E-state index contributed by atoms with van der Waals surface area (Å²) in [4.78, 5) is 29.0. The van der Waals surface area contributed by atoms with Crippen LogP contribution in [0.2, 0.25) is 0 Å². The number of anilines is 1. The number of hydrogen-bond acceptors (Lipinski definition) is 5. The molecule has 4 aromatic rings. The molecule has 2 heterocycles. The Morgan fingerprint density at radius 1 is 1.07 bits per heavy atom. The first kappa shape index (κ1) is 30.2. The molecule has 0 saturated heterocycles. The molecule has 8 nitrogen and oxygen atoms in total. The highest BCUT2D eigenvalue weighted by molar-refractivity contribution is 6.05. The lowest BCUT2D eigenvalue weighted by Crippen LogP contribution is -2.55. The van der Waals surface area contributed by atoms with E-state index >= 15 is 0 Å². The largest absolute Gasteiger partial charge is 0.416 e. The molecule has 2 amide bonds. The Morgan fingerprint density at radius 3 is 2.39 bits per heavy atom. The van der Waals surface area contributed by atoms with Gasteiger partial charge in [-0.1, -0.05) is 36.4 Å². The van der Waals surface area contributed by atoms with Crippen molar-refractivity contribution in [2.24, 2.45) is 0 Å². The molecule has 44 heavy (non-hydrogen) atoms. The third-order valence-corrected chi connectivity index (χ3v) is 7.37. The van der Waals surface area contributed by atoms with Gasteiger partial charge in [-0.05, 0) is 55.0 Å². The number of amides is 2. The number of nitriles is 1. The zero-order valence-corrected chi connectivity index (χ0v) is 23.1. The van der Waals surface area contributed by atoms with Gasteiger partial charge in [0, 0.05) is 23.6 Å². The Balaban J connectivity index is 1.74. The minimum Gasteiger partial charge on any atom is -0.339 e. The van der Waals surface area contributed by atoms with Crippen LogP contribution < -0.4 is 15.5 Å². The number of benzene rings is 3. The first-order valence-corrected chi connectivity index (χ1v) is 13.5. The second-order valence-corrected chi connectivity index (χ2v) is 9.97.